The molecular formula is C22H23ClF2O6S2. The number of sulfone groups is 2. The maximum atomic E-state index is 15.5. The highest BCUT2D eigenvalue weighted by atomic mass is 35.5. The molecule has 2 heterocycles. The second-order valence-electron chi connectivity index (χ2n) is 7.87. The monoisotopic (exact) mass is 524 g/mol. The Balaban J connectivity index is 2.03. The maximum absolute atomic E-state index is 15.5. The molecule has 0 amide bonds. The summed E-state index contributed by atoms with van der Waals surface area (Å²) >= 11 is 5.86. The summed E-state index contributed by atoms with van der Waals surface area (Å²) in [7, 11) is -8.54. The van der Waals surface area contributed by atoms with Gasteiger partial charge >= 0.3 is 0 Å². The van der Waals surface area contributed by atoms with E-state index in [9.17, 15) is 21.2 Å². The van der Waals surface area contributed by atoms with Crippen LogP contribution in [0.5, 0.6) is 5.75 Å². The van der Waals surface area contributed by atoms with E-state index in [1.807, 2.05) is 0 Å². The van der Waals surface area contributed by atoms with Crippen molar-refractivity contribution in [2.24, 2.45) is 5.92 Å². The van der Waals surface area contributed by atoms with Crippen LogP contribution in [0.3, 0.4) is 0 Å². The van der Waals surface area contributed by atoms with E-state index in [1.54, 1.807) is 0 Å². The van der Waals surface area contributed by atoms with Gasteiger partial charge in [-0.25, -0.2) is 25.6 Å². The molecular weight excluding hydrogens is 498 g/mol. The Bertz CT molecular complexity index is 1460. The number of ether oxygens (including phenoxy) is 2. The Morgan fingerprint density at radius 1 is 1.15 bits per heavy atom. The molecule has 0 spiro atoms. The van der Waals surface area contributed by atoms with Crippen LogP contribution in [0.15, 0.2) is 41.2 Å². The summed E-state index contributed by atoms with van der Waals surface area (Å²) in [5, 5.41) is -0.595. The summed E-state index contributed by atoms with van der Waals surface area (Å²) in [4.78, 5) is -1.02. The van der Waals surface area contributed by atoms with E-state index in [4.69, 9.17) is 26.6 Å². The molecule has 33 heavy (non-hydrogen) atoms. The summed E-state index contributed by atoms with van der Waals surface area (Å²) in [5.41, 5.74) is -0.651. The number of hydrogen-bond donors (Lipinski definition) is 0. The fourth-order valence-electron chi connectivity index (χ4n) is 4.55. The zero-order chi connectivity index (χ0) is 27.5. The van der Waals surface area contributed by atoms with E-state index in [-0.39, 0.29) is 24.5 Å². The number of benzene rings is 2. The molecule has 2 aliphatic rings. The minimum atomic E-state index is -5.04. The molecule has 3 atom stereocenters. The lowest BCUT2D eigenvalue weighted by atomic mass is 9.75. The van der Waals surface area contributed by atoms with Gasteiger partial charge in [-0.2, -0.15) is 0 Å². The molecule has 180 valence electrons. The Labute approximate surface area is 202 Å². The van der Waals surface area contributed by atoms with E-state index in [0.29, 0.717) is 0 Å². The third-order valence-corrected chi connectivity index (χ3v) is 10.6. The van der Waals surface area contributed by atoms with Gasteiger partial charge in [-0.3, -0.25) is 0 Å². The van der Waals surface area contributed by atoms with E-state index in [0.717, 1.165) is 12.1 Å². The Morgan fingerprint density at radius 2 is 1.82 bits per heavy atom. The van der Waals surface area contributed by atoms with Crippen molar-refractivity contribution >= 4 is 31.3 Å². The average Bonchev–Trinajstić information content (AvgIpc) is 2.86. The third kappa shape index (κ3) is 4.05. The second kappa shape index (κ2) is 8.79. The molecule has 0 aromatic heterocycles. The van der Waals surface area contributed by atoms with Crippen molar-refractivity contribution in [2.75, 3.05) is 24.7 Å². The van der Waals surface area contributed by atoms with Crippen LogP contribution in [0.4, 0.5) is 8.78 Å². The van der Waals surface area contributed by atoms with Crippen LogP contribution >= 0.6 is 11.6 Å². The molecule has 6 nitrogen and oxygen atoms in total. The Morgan fingerprint density at radius 3 is 2.48 bits per heavy atom. The van der Waals surface area contributed by atoms with Gasteiger partial charge in [0.1, 0.15) is 20.4 Å². The molecule has 0 saturated carbocycles. The lowest BCUT2D eigenvalue weighted by molar-refractivity contribution is -0.0732. The largest absolute Gasteiger partial charge is 0.490 e. The molecule has 0 unspecified atom stereocenters. The van der Waals surface area contributed by atoms with Crippen molar-refractivity contribution in [1.82, 2.24) is 0 Å². The van der Waals surface area contributed by atoms with Crippen LogP contribution < -0.4 is 4.74 Å². The van der Waals surface area contributed by atoms with E-state index >= 15 is 4.39 Å². The highest BCUT2D eigenvalue weighted by Crippen LogP contribution is 2.55. The molecule has 0 bridgehead atoms. The minimum Gasteiger partial charge on any atom is -0.490 e. The van der Waals surface area contributed by atoms with Crippen LogP contribution in [0.2, 0.25) is 5.02 Å². The first-order valence-electron chi connectivity index (χ1n) is 12.1. The highest BCUT2D eigenvalue weighted by molar-refractivity contribution is 7.92. The summed E-state index contributed by atoms with van der Waals surface area (Å²) in [6.07, 6.45) is -1.68. The molecule has 0 radical (unpaired) electrons. The molecule has 4 rings (SSSR count). The number of hydrogen-bond acceptors (Lipinski definition) is 6. The molecule has 2 aromatic rings. The Hall–Kier alpha value is -1.75. The van der Waals surface area contributed by atoms with Crippen LogP contribution in [0.1, 0.15) is 30.8 Å². The summed E-state index contributed by atoms with van der Waals surface area (Å²) in [5.74, 6) is -4.58. The number of halogens is 3. The fourth-order valence-corrected chi connectivity index (χ4v) is 7.69. The minimum absolute atomic E-state index is 0.163. The normalized spacial score (nSPS) is 26.8. The van der Waals surface area contributed by atoms with E-state index < -0.39 is 107 Å². The van der Waals surface area contributed by atoms with Gasteiger partial charge in [0.25, 0.3) is 0 Å². The van der Waals surface area contributed by atoms with Crippen molar-refractivity contribution in [3.8, 4) is 5.75 Å². The van der Waals surface area contributed by atoms with E-state index in [1.165, 1.54) is 6.92 Å². The van der Waals surface area contributed by atoms with Crippen LogP contribution in [-0.4, -0.2) is 47.7 Å². The van der Waals surface area contributed by atoms with Crippen molar-refractivity contribution in [2.45, 2.75) is 35.5 Å². The highest BCUT2D eigenvalue weighted by Gasteiger charge is 2.61. The van der Waals surface area contributed by atoms with Crippen LogP contribution in [0, 0.1) is 17.6 Å². The van der Waals surface area contributed by atoms with Gasteiger partial charge in [0.05, 0.1) is 34.4 Å². The smallest absolute Gasteiger partial charge is 0.189 e. The first-order valence-corrected chi connectivity index (χ1v) is 13.8. The van der Waals surface area contributed by atoms with Gasteiger partial charge < -0.3 is 9.47 Å². The summed E-state index contributed by atoms with van der Waals surface area (Å²) in [6.45, 7) is 0.670. The van der Waals surface area contributed by atoms with Crippen molar-refractivity contribution in [3.63, 3.8) is 0 Å². The first-order chi connectivity index (χ1) is 17.2. The lowest BCUT2D eigenvalue weighted by Gasteiger charge is -2.50. The van der Waals surface area contributed by atoms with Gasteiger partial charge in [0.2, 0.25) is 0 Å². The predicted molar refractivity (Wildman–Crippen MR) is 119 cm³/mol. The molecule has 1 fully saturated rings. The molecule has 11 heteroatoms. The maximum Gasteiger partial charge on any atom is 0.189 e. The third-order valence-electron chi connectivity index (χ3n) is 6.22. The molecule has 2 aromatic carbocycles. The quantitative estimate of drug-likeness (QED) is 0.569. The van der Waals surface area contributed by atoms with E-state index in [2.05, 4.69) is 0 Å². The van der Waals surface area contributed by atoms with Gasteiger partial charge in [-0.15, -0.1) is 0 Å². The topological polar surface area (TPSA) is 86.7 Å². The van der Waals surface area contributed by atoms with Crippen molar-refractivity contribution < 1.29 is 40.6 Å². The van der Waals surface area contributed by atoms with Crippen LogP contribution in [0.25, 0.3) is 0 Å². The van der Waals surface area contributed by atoms with Gasteiger partial charge in [-0.05, 0) is 49.1 Å². The zero-order valence-corrected chi connectivity index (χ0v) is 19.8. The second-order valence-corrected chi connectivity index (χ2v) is 12.9. The molecule has 2 aliphatic heterocycles. The molecule has 1 saturated heterocycles. The van der Waals surface area contributed by atoms with Crippen molar-refractivity contribution in [3.05, 3.63) is 58.5 Å². The molecule has 0 aliphatic carbocycles. The average molecular weight is 525 g/mol. The SMILES string of the molecule is [2H]c1c([2H])c(S(=O)(=O)[C@@]23CCO[C@@H](CCS(=O)(=O)CC)[C@@H]2COc2c(F)ccc(F)c23)c([2H])c([2H])c1Cl. The predicted octanol–water partition coefficient (Wildman–Crippen LogP) is 3.91. The molecule has 0 N–H and O–H groups in total. The fraction of sp³-hybridized carbons (Fsp3) is 0.455. The summed E-state index contributed by atoms with van der Waals surface area (Å²) < 4.78 is 125. The van der Waals surface area contributed by atoms with Gasteiger partial charge in [0.15, 0.2) is 21.4 Å². The number of fused-ring (bicyclic) bond motifs is 3. The standard InChI is InChI=1S/C22H23ClF2O6S2/c1-2-32(26,27)12-9-19-16-13-31-21-18(25)8-7-17(24)20(21)22(16,10-11-30-19)33(28,29)15-5-3-14(23)4-6-15/h3-8,16,19H,2,9-13H2,1H3/t16-,19-,22-/m0/s1/i3D,4D,5D,6D. The lowest BCUT2D eigenvalue weighted by Crippen LogP contribution is -2.57. The van der Waals surface area contributed by atoms with Crippen LogP contribution in [-0.2, 0) is 29.2 Å². The zero-order valence-electron chi connectivity index (χ0n) is 21.5. The van der Waals surface area contributed by atoms with Gasteiger partial charge in [-0.1, -0.05) is 18.5 Å². The van der Waals surface area contributed by atoms with Crippen molar-refractivity contribution in [1.29, 1.82) is 0 Å². The summed E-state index contributed by atoms with van der Waals surface area (Å²) in [6, 6.07) is -2.02. The first kappa shape index (κ1) is 19.5. The van der Waals surface area contributed by atoms with Gasteiger partial charge in [0, 0.05) is 23.3 Å². The number of rotatable bonds is 6. The Kier molecular flexibility index (Phi) is 5.21.